The number of piperidine rings is 1. The van der Waals surface area contributed by atoms with Crippen LogP contribution in [0, 0.1) is 5.92 Å². The van der Waals surface area contributed by atoms with Crippen LogP contribution in [0.3, 0.4) is 0 Å². The molecule has 2 aliphatic heterocycles. The Morgan fingerprint density at radius 2 is 2.19 bits per heavy atom. The van der Waals surface area contributed by atoms with E-state index in [1.807, 2.05) is 16.2 Å². The summed E-state index contributed by atoms with van der Waals surface area (Å²) >= 11 is 3.26. The van der Waals surface area contributed by atoms with Crippen LogP contribution in [-0.4, -0.2) is 46.9 Å². The van der Waals surface area contributed by atoms with Gasteiger partial charge in [0.25, 0.3) is 0 Å². The lowest BCUT2D eigenvalue weighted by molar-refractivity contribution is -0.133. The third kappa shape index (κ3) is 3.92. The van der Waals surface area contributed by atoms with Crippen molar-refractivity contribution >= 4 is 33.9 Å². The first-order valence-corrected chi connectivity index (χ1v) is 10.8. The average Bonchev–Trinajstić information content (AvgIpc) is 3.31. The standard InChI is InChI=1S/C18H24N4O2S2/c1-24-12-16-19-18(26-20-16)21-6-2-13(3-7-21)10-17(23)22-8-4-15-14(11-22)5-9-25-15/h5,9,13H,2-4,6-8,10-12H2,1H3. The molecular weight excluding hydrogens is 368 g/mol. The zero-order valence-electron chi connectivity index (χ0n) is 15.0. The van der Waals surface area contributed by atoms with E-state index in [4.69, 9.17) is 4.74 Å². The van der Waals surface area contributed by atoms with Crippen molar-refractivity contribution in [3.8, 4) is 0 Å². The van der Waals surface area contributed by atoms with Gasteiger partial charge in [-0.2, -0.15) is 4.37 Å². The van der Waals surface area contributed by atoms with Gasteiger partial charge in [0.15, 0.2) is 5.82 Å². The summed E-state index contributed by atoms with van der Waals surface area (Å²) in [5.41, 5.74) is 1.34. The van der Waals surface area contributed by atoms with Gasteiger partial charge in [-0.15, -0.1) is 11.3 Å². The quantitative estimate of drug-likeness (QED) is 0.783. The number of hydrogen-bond acceptors (Lipinski definition) is 7. The lowest BCUT2D eigenvalue weighted by atomic mass is 9.93. The Hall–Kier alpha value is -1.51. The van der Waals surface area contributed by atoms with Gasteiger partial charge < -0.3 is 14.5 Å². The third-order valence-corrected chi connectivity index (χ3v) is 7.08. The Balaban J connectivity index is 1.26. The van der Waals surface area contributed by atoms with E-state index < -0.39 is 0 Å². The van der Waals surface area contributed by atoms with Crippen LogP contribution in [-0.2, 0) is 29.1 Å². The summed E-state index contributed by atoms with van der Waals surface area (Å²) in [5, 5.41) is 3.11. The zero-order valence-corrected chi connectivity index (χ0v) is 16.7. The number of anilines is 1. The molecule has 0 saturated carbocycles. The van der Waals surface area contributed by atoms with Gasteiger partial charge in [-0.25, -0.2) is 4.98 Å². The number of carbonyl (C=O) groups is 1. The van der Waals surface area contributed by atoms with E-state index in [1.54, 1.807) is 7.11 Å². The molecule has 0 N–H and O–H groups in total. The van der Waals surface area contributed by atoms with Crippen LogP contribution in [0.25, 0.3) is 0 Å². The van der Waals surface area contributed by atoms with Crippen molar-refractivity contribution in [1.29, 1.82) is 0 Å². The van der Waals surface area contributed by atoms with Gasteiger partial charge in [-0.1, -0.05) is 0 Å². The van der Waals surface area contributed by atoms with E-state index >= 15 is 0 Å². The summed E-state index contributed by atoms with van der Waals surface area (Å²) < 4.78 is 9.41. The number of rotatable bonds is 5. The van der Waals surface area contributed by atoms with E-state index in [-0.39, 0.29) is 0 Å². The Labute approximate surface area is 162 Å². The lowest BCUT2D eigenvalue weighted by Gasteiger charge is -2.33. The molecule has 6 nitrogen and oxygen atoms in total. The molecule has 0 radical (unpaired) electrons. The van der Waals surface area contributed by atoms with E-state index in [2.05, 4.69) is 25.7 Å². The van der Waals surface area contributed by atoms with Crippen molar-refractivity contribution in [3.05, 3.63) is 27.7 Å². The molecule has 1 fully saturated rings. The summed E-state index contributed by atoms with van der Waals surface area (Å²) in [6, 6.07) is 2.16. The molecule has 2 aromatic heterocycles. The average molecular weight is 393 g/mol. The van der Waals surface area contributed by atoms with E-state index in [0.717, 1.165) is 56.4 Å². The second-order valence-electron chi connectivity index (χ2n) is 7.00. The van der Waals surface area contributed by atoms with Gasteiger partial charge >= 0.3 is 0 Å². The van der Waals surface area contributed by atoms with Crippen LogP contribution in [0.4, 0.5) is 5.13 Å². The maximum atomic E-state index is 12.7. The highest BCUT2D eigenvalue weighted by molar-refractivity contribution is 7.10. The fraction of sp³-hybridized carbons (Fsp3) is 0.611. The van der Waals surface area contributed by atoms with E-state index in [1.165, 1.54) is 22.0 Å². The van der Waals surface area contributed by atoms with Crippen LogP contribution >= 0.6 is 22.9 Å². The summed E-state index contributed by atoms with van der Waals surface area (Å²) in [5.74, 6) is 1.55. The number of hydrogen-bond donors (Lipinski definition) is 0. The normalized spacial score (nSPS) is 18.2. The number of carbonyl (C=O) groups excluding carboxylic acids is 1. The summed E-state index contributed by atoms with van der Waals surface area (Å²) in [6.45, 7) is 4.04. The molecule has 1 amide bonds. The molecule has 26 heavy (non-hydrogen) atoms. The minimum Gasteiger partial charge on any atom is -0.377 e. The number of ether oxygens (including phenoxy) is 1. The molecule has 2 aliphatic rings. The maximum absolute atomic E-state index is 12.7. The second-order valence-corrected chi connectivity index (χ2v) is 8.73. The van der Waals surface area contributed by atoms with Crippen molar-refractivity contribution in [2.75, 3.05) is 31.6 Å². The number of aromatic nitrogens is 2. The minimum atomic E-state index is 0.318. The number of methoxy groups -OCH3 is 1. The molecule has 140 valence electrons. The predicted octanol–water partition coefficient (Wildman–Crippen LogP) is 2.94. The highest BCUT2D eigenvalue weighted by atomic mass is 32.1. The van der Waals surface area contributed by atoms with Crippen molar-refractivity contribution in [1.82, 2.24) is 14.3 Å². The maximum Gasteiger partial charge on any atom is 0.223 e. The first kappa shape index (κ1) is 17.9. The first-order chi connectivity index (χ1) is 12.7. The molecule has 0 atom stereocenters. The summed E-state index contributed by atoms with van der Waals surface area (Å²) in [7, 11) is 1.66. The summed E-state index contributed by atoms with van der Waals surface area (Å²) in [4.78, 5) is 23.0. The predicted molar refractivity (Wildman–Crippen MR) is 104 cm³/mol. The molecule has 0 aliphatic carbocycles. The highest BCUT2D eigenvalue weighted by Crippen LogP contribution is 2.29. The zero-order chi connectivity index (χ0) is 17.9. The van der Waals surface area contributed by atoms with Crippen LogP contribution in [0.2, 0.25) is 0 Å². The Morgan fingerprint density at radius 1 is 1.35 bits per heavy atom. The molecule has 4 heterocycles. The van der Waals surface area contributed by atoms with Crippen LogP contribution in [0.1, 0.15) is 35.5 Å². The van der Waals surface area contributed by atoms with Crippen LogP contribution in [0.5, 0.6) is 0 Å². The molecule has 0 aromatic carbocycles. The third-order valence-electron chi connectivity index (χ3n) is 5.24. The van der Waals surface area contributed by atoms with E-state index in [9.17, 15) is 4.79 Å². The monoisotopic (exact) mass is 392 g/mol. The molecule has 4 rings (SSSR count). The van der Waals surface area contributed by atoms with Crippen molar-refractivity contribution in [2.45, 2.75) is 38.8 Å². The largest absolute Gasteiger partial charge is 0.377 e. The van der Waals surface area contributed by atoms with Gasteiger partial charge in [-0.05, 0) is 42.2 Å². The second kappa shape index (κ2) is 8.02. The summed E-state index contributed by atoms with van der Waals surface area (Å²) in [6.07, 6.45) is 3.78. The van der Waals surface area contributed by atoms with Crippen molar-refractivity contribution in [2.24, 2.45) is 5.92 Å². The fourth-order valence-corrected chi connectivity index (χ4v) is 5.34. The Morgan fingerprint density at radius 3 is 3.00 bits per heavy atom. The molecule has 0 unspecified atom stereocenters. The van der Waals surface area contributed by atoms with Gasteiger partial charge in [0.2, 0.25) is 11.0 Å². The number of nitrogens with zero attached hydrogens (tertiary/aromatic N) is 4. The molecule has 8 heteroatoms. The van der Waals surface area contributed by atoms with Gasteiger partial charge in [0.05, 0.1) is 0 Å². The topological polar surface area (TPSA) is 58.6 Å². The Bertz CT molecular complexity index is 752. The first-order valence-electron chi connectivity index (χ1n) is 9.12. The highest BCUT2D eigenvalue weighted by Gasteiger charge is 2.27. The van der Waals surface area contributed by atoms with Gasteiger partial charge in [0.1, 0.15) is 6.61 Å². The SMILES string of the molecule is COCc1nsc(N2CCC(CC(=O)N3CCc4sccc4C3)CC2)n1. The number of fused-ring (bicyclic) bond motifs is 1. The van der Waals surface area contributed by atoms with Gasteiger partial charge in [0, 0.05) is 56.1 Å². The van der Waals surface area contributed by atoms with Crippen molar-refractivity contribution < 1.29 is 9.53 Å². The minimum absolute atomic E-state index is 0.318. The number of thiophene rings is 1. The van der Waals surface area contributed by atoms with Crippen molar-refractivity contribution in [3.63, 3.8) is 0 Å². The van der Waals surface area contributed by atoms with Gasteiger partial charge in [-0.3, -0.25) is 4.79 Å². The molecular formula is C18H24N4O2S2. The molecule has 1 saturated heterocycles. The fourth-order valence-electron chi connectivity index (χ4n) is 3.73. The van der Waals surface area contributed by atoms with Crippen LogP contribution in [0.15, 0.2) is 11.4 Å². The molecule has 2 aromatic rings. The smallest absolute Gasteiger partial charge is 0.223 e. The Kier molecular flexibility index (Phi) is 5.52. The van der Waals surface area contributed by atoms with Crippen LogP contribution < -0.4 is 4.90 Å². The number of amides is 1. The molecule has 0 spiro atoms. The molecule has 0 bridgehead atoms. The lowest BCUT2D eigenvalue weighted by Crippen LogP contribution is -2.39. The van der Waals surface area contributed by atoms with E-state index in [0.29, 0.717) is 24.9 Å².